The summed E-state index contributed by atoms with van der Waals surface area (Å²) in [4.78, 5) is 8.95. The van der Waals surface area contributed by atoms with Crippen molar-refractivity contribution in [3.05, 3.63) is 78.2 Å². The highest BCUT2D eigenvalue weighted by molar-refractivity contribution is 6.04. The van der Waals surface area contributed by atoms with Gasteiger partial charge in [-0.05, 0) is 30.5 Å². The minimum absolute atomic E-state index is 0.752. The summed E-state index contributed by atoms with van der Waals surface area (Å²) >= 11 is 0. The molecule has 0 saturated carbocycles. The third-order valence-electron chi connectivity index (χ3n) is 4.91. The first-order valence-corrected chi connectivity index (χ1v) is 8.82. The Bertz CT molecular complexity index is 1160. The largest absolute Gasteiger partial charge is 0.411 e. The van der Waals surface area contributed by atoms with Crippen molar-refractivity contribution in [1.82, 2.24) is 14.4 Å². The highest BCUT2D eigenvalue weighted by atomic mass is 16.4. The Morgan fingerprint density at radius 1 is 1.07 bits per heavy atom. The maximum Gasteiger partial charge on any atom is 0.157 e. The number of oxime groups is 1. The Morgan fingerprint density at radius 3 is 2.81 bits per heavy atom. The number of nitrogens with zero attached hydrogens (tertiary/aromatic N) is 4. The first-order chi connectivity index (χ1) is 13.3. The third-order valence-corrected chi connectivity index (χ3v) is 4.91. The number of anilines is 2. The number of nitrogens with one attached hydrogen (secondary N) is 1. The van der Waals surface area contributed by atoms with Gasteiger partial charge in [0.25, 0.3) is 0 Å². The first kappa shape index (κ1) is 15.6. The molecule has 1 aliphatic carbocycles. The molecule has 0 saturated heterocycles. The SMILES string of the molecule is O/N=C1/CCc2cc(Nc3c(-c4ccccc4)nc4cnccn34)ccc21. The van der Waals surface area contributed by atoms with Gasteiger partial charge in [0.1, 0.15) is 11.5 Å². The van der Waals surface area contributed by atoms with Crippen molar-refractivity contribution in [2.45, 2.75) is 12.8 Å². The van der Waals surface area contributed by atoms with E-state index in [1.54, 1.807) is 12.4 Å². The zero-order valence-corrected chi connectivity index (χ0v) is 14.5. The summed E-state index contributed by atoms with van der Waals surface area (Å²) in [6.45, 7) is 0. The summed E-state index contributed by atoms with van der Waals surface area (Å²) < 4.78 is 2.00. The smallest absolute Gasteiger partial charge is 0.157 e. The van der Waals surface area contributed by atoms with E-state index in [1.165, 1.54) is 5.56 Å². The van der Waals surface area contributed by atoms with Crippen LogP contribution in [-0.4, -0.2) is 25.3 Å². The van der Waals surface area contributed by atoms with E-state index in [1.807, 2.05) is 53.1 Å². The average molecular weight is 355 g/mol. The molecule has 2 N–H and O–H groups in total. The molecule has 5 rings (SSSR count). The predicted molar refractivity (Wildman–Crippen MR) is 105 cm³/mol. The van der Waals surface area contributed by atoms with E-state index in [2.05, 4.69) is 21.5 Å². The van der Waals surface area contributed by atoms with Crippen molar-refractivity contribution in [2.24, 2.45) is 5.16 Å². The number of hydrogen-bond donors (Lipinski definition) is 2. The molecule has 0 bridgehead atoms. The van der Waals surface area contributed by atoms with Gasteiger partial charge in [0.05, 0.1) is 11.9 Å². The van der Waals surface area contributed by atoms with E-state index in [4.69, 9.17) is 10.2 Å². The lowest BCUT2D eigenvalue weighted by Gasteiger charge is -2.10. The molecule has 0 aliphatic heterocycles. The van der Waals surface area contributed by atoms with Crippen LogP contribution in [0.3, 0.4) is 0 Å². The Hall–Kier alpha value is -3.67. The Kier molecular flexibility index (Phi) is 3.60. The zero-order valence-electron chi connectivity index (χ0n) is 14.5. The summed E-state index contributed by atoms with van der Waals surface area (Å²) in [7, 11) is 0. The quantitative estimate of drug-likeness (QED) is 0.425. The number of aryl methyl sites for hydroxylation is 1. The molecule has 2 heterocycles. The maximum absolute atomic E-state index is 9.13. The van der Waals surface area contributed by atoms with Gasteiger partial charge in [0.2, 0.25) is 0 Å². The van der Waals surface area contributed by atoms with Gasteiger partial charge in [0, 0.05) is 29.2 Å². The van der Waals surface area contributed by atoms with Gasteiger partial charge in [0.15, 0.2) is 5.65 Å². The van der Waals surface area contributed by atoms with Crippen LogP contribution < -0.4 is 5.32 Å². The van der Waals surface area contributed by atoms with Gasteiger partial charge in [-0.1, -0.05) is 41.6 Å². The van der Waals surface area contributed by atoms with Gasteiger partial charge < -0.3 is 10.5 Å². The summed E-state index contributed by atoms with van der Waals surface area (Å²) in [6, 6.07) is 16.2. The van der Waals surface area contributed by atoms with Gasteiger partial charge in [-0.25, -0.2) is 4.98 Å². The summed E-state index contributed by atoms with van der Waals surface area (Å²) in [5.41, 5.74) is 6.64. The standard InChI is InChI=1S/C21H17N5O/c27-25-18-9-6-15-12-16(7-8-17(15)18)23-21-20(14-4-2-1-3-5-14)24-19-13-22-10-11-26(19)21/h1-5,7-8,10-13,23,27H,6,9H2/b25-18-. The van der Waals surface area contributed by atoms with E-state index in [-0.39, 0.29) is 0 Å². The van der Waals surface area contributed by atoms with E-state index in [0.29, 0.717) is 0 Å². The molecule has 0 unspecified atom stereocenters. The minimum atomic E-state index is 0.752. The van der Waals surface area contributed by atoms with Crippen LogP contribution in [0.1, 0.15) is 17.5 Å². The minimum Gasteiger partial charge on any atom is -0.411 e. The number of hydrogen-bond acceptors (Lipinski definition) is 5. The summed E-state index contributed by atoms with van der Waals surface area (Å²) in [5, 5.41) is 16.1. The van der Waals surface area contributed by atoms with E-state index < -0.39 is 0 Å². The van der Waals surface area contributed by atoms with Crippen LogP contribution in [0.4, 0.5) is 11.5 Å². The Morgan fingerprint density at radius 2 is 1.96 bits per heavy atom. The van der Waals surface area contributed by atoms with Gasteiger partial charge in [-0.15, -0.1) is 0 Å². The monoisotopic (exact) mass is 355 g/mol. The molecule has 0 amide bonds. The first-order valence-electron chi connectivity index (χ1n) is 8.82. The fourth-order valence-electron chi connectivity index (χ4n) is 3.61. The lowest BCUT2D eigenvalue weighted by molar-refractivity contribution is 0.318. The van der Waals surface area contributed by atoms with Crippen molar-refractivity contribution in [3.63, 3.8) is 0 Å². The van der Waals surface area contributed by atoms with E-state index in [0.717, 1.165) is 52.5 Å². The number of rotatable bonds is 3. The molecule has 1 aliphatic rings. The molecular formula is C21H17N5O. The lowest BCUT2D eigenvalue weighted by atomic mass is 10.1. The molecule has 132 valence electrons. The van der Waals surface area contributed by atoms with Crippen LogP contribution in [0.25, 0.3) is 16.9 Å². The number of benzene rings is 2. The molecule has 27 heavy (non-hydrogen) atoms. The molecule has 6 heteroatoms. The van der Waals surface area contributed by atoms with Crippen LogP contribution in [-0.2, 0) is 6.42 Å². The van der Waals surface area contributed by atoms with Crippen molar-refractivity contribution < 1.29 is 5.21 Å². The van der Waals surface area contributed by atoms with E-state index >= 15 is 0 Å². The molecule has 2 aromatic heterocycles. The molecule has 6 nitrogen and oxygen atoms in total. The second-order valence-electron chi connectivity index (χ2n) is 6.52. The van der Waals surface area contributed by atoms with Crippen LogP contribution in [0.2, 0.25) is 0 Å². The molecule has 0 fully saturated rings. The fourth-order valence-corrected chi connectivity index (χ4v) is 3.61. The average Bonchev–Trinajstić information content (AvgIpc) is 3.30. The predicted octanol–water partition coefficient (Wildman–Crippen LogP) is 4.26. The second kappa shape index (κ2) is 6.25. The lowest BCUT2D eigenvalue weighted by Crippen LogP contribution is -1.99. The number of aromatic nitrogens is 3. The number of fused-ring (bicyclic) bond motifs is 2. The molecule has 2 aromatic carbocycles. The molecular weight excluding hydrogens is 338 g/mol. The Balaban J connectivity index is 1.61. The molecule has 0 atom stereocenters. The summed E-state index contributed by atoms with van der Waals surface area (Å²) in [6.07, 6.45) is 7.06. The van der Waals surface area contributed by atoms with Crippen LogP contribution in [0, 0.1) is 0 Å². The highest BCUT2D eigenvalue weighted by Crippen LogP contribution is 2.32. The van der Waals surface area contributed by atoms with Crippen molar-refractivity contribution >= 4 is 22.9 Å². The summed E-state index contributed by atoms with van der Waals surface area (Å²) in [5.74, 6) is 0.896. The van der Waals surface area contributed by atoms with Gasteiger partial charge in [-0.2, -0.15) is 0 Å². The van der Waals surface area contributed by atoms with Crippen LogP contribution in [0.15, 0.2) is 72.3 Å². The van der Waals surface area contributed by atoms with E-state index in [9.17, 15) is 0 Å². The van der Waals surface area contributed by atoms with Crippen LogP contribution in [0.5, 0.6) is 0 Å². The van der Waals surface area contributed by atoms with Crippen LogP contribution >= 0.6 is 0 Å². The topological polar surface area (TPSA) is 74.8 Å². The normalized spacial score (nSPS) is 14.6. The molecule has 0 radical (unpaired) electrons. The van der Waals surface area contributed by atoms with Gasteiger partial charge >= 0.3 is 0 Å². The van der Waals surface area contributed by atoms with Gasteiger partial charge in [-0.3, -0.25) is 9.38 Å². The fraction of sp³-hybridized carbons (Fsp3) is 0.0952. The van der Waals surface area contributed by atoms with Crippen molar-refractivity contribution in [3.8, 4) is 11.3 Å². The maximum atomic E-state index is 9.13. The zero-order chi connectivity index (χ0) is 18.2. The molecule has 4 aromatic rings. The Labute approximate surface area is 155 Å². The van der Waals surface area contributed by atoms with Crippen molar-refractivity contribution in [1.29, 1.82) is 0 Å². The number of imidazole rings is 1. The van der Waals surface area contributed by atoms with Crippen molar-refractivity contribution in [2.75, 3.05) is 5.32 Å². The molecule has 0 spiro atoms. The highest BCUT2D eigenvalue weighted by Gasteiger charge is 2.19. The third kappa shape index (κ3) is 2.62. The second-order valence-corrected chi connectivity index (χ2v) is 6.52.